The highest BCUT2D eigenvalue weighted by Gasteiger charge is 2.28. The molecule has 0 saturated heterocycles. The van der Waals surface area contributed by atoms with Gasteiger partial charge in [-0.1, -0.05) is 18.2 Å². The Labute approximate surface area is 98.9 Å². The number of aromatic amines is 1. The Morgan fingerprint density at radius 3 is 3.00 bits per heavy atom. The lowest BCUT2D eigenvalue weighted by molar-refractivity contribution is 0.119. The minimum Gasteiger partial charge on any atom is -0.465 e. The maximum atomic E-state index is 11.1. The fourth-order valence-corrected chi connectivity index (χ4v) is 2.60. The van der Waals surface area contributed by atoms with Crippen LogP contribution in [-0.2, 0) is 13.0 Å². The number of aromatic nitrogens is 1. The summed E-state index contributed by atoms with van der Waals surface area (Å²) >= 11 is 0. The molecule has 2 N–H and O–H groups in total. The Kier molecular flexibility index (Phi) is 2.11. The number of carbonyl (C=O) groups is 1. The summed E-state index contributed by atoms with van der Waals surface area (Å²) in [5, 5.41) is 10.3. The summed E-state index contributed by atoms with van der Waals surface area (Å²) in [5.74, 6) is 0. The fourth-order valence-electron chi connectivity index (χ4n) is 2.60. The predicted octanol–water partition coefficient (Wildman–Crippen LogP) is 2.59. The van der Waals surface area contributed by atoms with Crippen molar-refractivity contribution in [1.29, 1.82) is 0 Å². The van der Waals surface area contributed by atoms with Crippen molar-refractivity contribution in [2.75, 3.05) is 0 Å². The molecule has 1 aromatic heterocycles. The second-order valence-corrected chi connectivity index (χ2v) is 4.59. The number of rotatable bonds is 0. The van der Waals surface area contributed by atoms with E-state index in [0.29, 0.717) is 6.54 Å². The first-order valence-electron chi connectivity index (χ1n) is 5.75. The number of hydrogen-bond acceptors (Lipinski definition) is 1. The van der Waals surface area contributed by atoms with E-state index in [1.165, 1.54) is 10.6 Å². The molecule has 0 spiro atoms. The van der Waals surface area contributed by atoms with Gasteiger partial charge in [-0.15, -0.1) is 0 Å². The van der Waals surface area contributed by atoms with Gasteiger partial charge in [0.25, 0.3) is 0 Å². The van der Waals surface area contributed by atoms with Crippen LogP contribution in [0, 0.1) is 0 Å². The van der Waals surface area contributed by atoms with Gasteiger partial charge in [-0.2, -0.15) is 0 Å². The third kappa shape index (κ3) is 1.48. The molecule has 0 saturated carbocycles. The SMILES string of the molecule is CC1Cc2[nH]c3ccccc3c2CN1C(=O)O. The van der Waals surface area contributed by atoms with Crippen molar-refractivity contribution < 1.29 is 9.90 Å². The van der Waals surface area contributed by atoms with E-state index in [1.54, 1.807) is 0 Å². The molecule has 0 fully saturated rings. The highest BCUT2D eigenvalue weighted by molar-refractivity contribution is 5.85. The van der Waals surface area contributed by atoms with E-state index in [0.717, 1.165) is 22.9 Å². The average molecular weight is 230 g/mol. The number of carboxylic acid groups (broad SMARTS) is 1. The quantitative estimate of drug-likeness (QED) is 0.730. The van der Waals surface area contributed by atoms with E-state index in [1.807, 2.05) is 31.2 Å². The maximum Gasteiger partial charge on any atom is 0.407 e. The second-order valence-electron chi connectivity index (χ2n) is 4.59. The standard InChI is InChI=1S/C13H14N2O2/c1-8-6-12-10(7-15(8)13(16)17)9-4-2-3-5-11(9)14-12/h2-5,8,14H,6-7H2,1H3,(H,16,17). The minimum atomic E-state index is -0.839. The van der Waals surface area contributed by atoms with E-state index in [2.05, 4.69) is 4.98 Å². The Balaban J connectivity index is 2.13. The van der Waals surface area contributed by atoms with Gasteiger partial charge in [0.1, 0.15) is 0 Å². The monoisotopic (exact) mass is 230 g/mol. The van der Waals surface area contributed by atoms with Gasteiger partial charge in [0.15, 0.2) is 0 Å². The first kappa shape index (κ1) is 10.2. The highest BCUT2D eigenvalue weighted by Crippen LogP contribution is 2.29. The average Bonchev–Trinajstić information content (AvgIpc) is 2.64. The molecule has 17 heavy (non-hydrogen) atoms. The lowest BCUT2D eigenvalue weighted by Gasteiger charge is -2.31. The normalized spacial score (nSPS) is 19.4. The van der Waals surface area contributed by atoms with Crippen LogP contribution in [0.25, 0.3) is 10.9 Å². The Morgan fingerprint density at radius 1 is 1.47 bits per heavy atom. The van der Waals surface area contributed by atoms with Crippen LogP contribution in [0.4, 0.5) is 4.79 Å². The molecule has 88 valence electrons. The summed E-state index contributed by atoms with van der Waals surface area (Å²) in [4.78, 5) is 16.0. The maximum absolute atomic E-state index is 11.1. The molecule has 0 aliphatic carbocycles. The summed E-state index contributed by atoms with van der Waals surface area (Å²) < 4.78 is 0. The number of nitrogens with zero attached hydrogens (tertiary/aromatic N) is 1. The topological polar surface area (TPSA) is 56.3 Å². The van der Waals surface area contributed by atoms with E-state index >= 15 is 0 Å². The number of H-pyrrole nitrogens is 1. The predicted molar refractivity (Wildman–Crippen MR) is 65.0 cm³/mol. The molecule has 1 aliphatic heterocycles. The molecule has 1 aromatic carbocycles. The zero-order valence-corrected chi connectivity index (χ0v) is 9.60. The summed E-state index contributed by atoms with van der Waals surface area (Å²) in [6.45, 7) is 2.43. The molecule has 0 bridgehead atoms. The van der Waals surface area contributed by atoms with Gasteiger partial charge in [0, 0.05) is 34.6 Å². The van der Waals surface area contributed by atoms with E-state index in [4.69, 9.17) is 5.11 Å². The molecule has 1 amide bonds. The van der Waals surface area contributed by atoms with Crippen LogP contribution in [0.2, 0.25) is 0 Å². The van der Waals surface area contributed by atoms with Gasteiger partial charge in [-0.25, -0.2) is 4.79 Å². The van der Waals surface area contributed by atoms with E-state index in [9.17, 15) is 4.79 Å². The highest BCUT2D eigenvalue weighted by atomic mass is 16.4. The number of nitrogens with one attached hydrogen (secondary N) is 1. The summed E-state index contributed by atoms with van der Waals surface area (Å²) in [7, 11) is 0. The summed E-state index contributed by atoms with van der Waals surface area (Å²) in [6.07, 6.45) is -0.0792. The zero-order chi connectivity index (χ0) is 12.0. The molecule has 4 heteroatoms. The lowest BCUT2D eigenvalue weighted by atomic mass is 10.00. The van der Waals surface area contributed by atoms with Crippen LogP contribution in [0.1, 0.15) is 18.2 Å². The molecule has 1 atom stereocenters. The van der Waals surface area contributed by atoms with E-state index in [-0.39, 0.29) is 6.04 Å². The van der Waals surface area contributed by atoms with Gasteiger partial charge in [0.05, 0.1) is 6.54 Å². The summed E-state index contributed by atoms with van der Waals surface area (Å²) in [6, 6.07) is 8.08. The first-order valence-corrected chi connectivity index (χ1v) is 5.75. The van der Waals surface area contributed by atoms with Crippen molar-refractivity contribution >= 4 is 17.0 Å². The van der Waals surface area contributed by atoms with Crippen molar-refractivity contribution in [3.63, 3.8) is 0 Å². The molecule has 1 aliphatic rings. The Bertz CT molecular complexity index is 588. The molecule has 2 aromatic rings. The van der Waals surface area contributed by atoms with Crippen LogP contribution in [-0.4, -0.2) is 27.1 Å². The smallest absolute Gasteiger partial charge is 0.407 e. The number of fused-ring (bicyclic) bond motifs is 3. The number of benzene rings is 1. The van der Waals surface area contributed by atoms with Crippen LogP contribution in [0.3, 0.4) is 0 Å². The third-order valence-electron chi connectivity index (χ3n) is 3.51. The third-order valence-corrected chi connectivity index (χ3v) is 3.51. The van der Waals surface area contributed by atoms with Gasteiger partial charge in [0.2, 0.25) is 0 Å². The molecule has 3 rings (SSSR count). The Hall–Kier alpha value is -1.97. The zero-order valence-electron chi connectivity index (χ0n) is 9.60. The fraction of sp³-hybridized carbons (Fsp3) is 0.308. The van der Waals surface area contributed by atoms with Crippen LogP contribution < -0.4 is 0 Å². The Morgan fingerprint density at radius 2 is 2.24 bits per heavy atom. The number of hydrogen-bond donors (Lipinski definition) is 2. The largest absolute Gasteiger partial charge is 0.465 e. The molecule has 1 unspecified atom stereocenters. The summed E-state index contributed by atoms with van der Waals surface area (Å²) in [5.41, 5.74) is 3.40. The van der Waals surface area contributed by atoms with Crippen molar-refractivity contribution in [2.24, 2.45) is 0 Å². The van der Waals surface area contributed by atoms with Crippen molar-refractivity contribution in [3.05, 3.63) is 35.5 Å². The van der Waals surface area contributed by atoms with Crippen molar-refractivity contribution in [1.82, 2.24) is 9.88 Å². The van der Waals surface area contributed by atoms with Crippen LogP contribution in [0.15, 0.2) is 24.3 Å². The molecule has 0 radical (unpaired) electrons. The van der Waals surface area contributed by atoms with Crippen LogP contribution >= 0.6 is 0 Å². The minimum absolute atomic E-state index is 0.0352. The van der Waals surface area contributed by atoms with Gasteiger partial charge in [-0.05, 0) is 13.0 Å². The van der Waals surface area contributed by atoms with Gasteiger partial charge >= 0.3 is 6.09 Å². The first-order chi connectivity index (χ1) is 8.16. The number of amides is 1. The molecular formula is C13H14N2O2. The van der Waals surface area contributed by atoms with Crippen molar-refractivity contribution in [3.8, 4) is 0 Å². The molecule has 2 heterocycles. The van der Waals surface area contributed by atoms with Gasteiger partial charge < -0.3 is 15.0 Å². The molecule has 4 nitrogen and oxygen atoms in total. The van der Waals surface area contributed by atoms with Crippen molar-refractivity contribution in [2.45, 2.75) is 25.9 Å². The van der Waals surface area contributed by atoms with E-state index < -0.39 is 6.09 Å². The molecular weight excluding hydrogens is 216 g/mol. The van der Waals surface area contributed by atoms with Crippen LogP contribution in [0.5, 0.6) is 0 Å². The lowest BCUT2D eigenvalue weighted by Crippen LogP contribution is -2.41. The second kappa shape index (κ2) is 3.52. The van der Waals surface area contributed by atoms with Gasteiger partial charge in [-0.3, -0.25) is 0 Å². The number of para-hydroxylation sites is 1.